The fourth-order valence-corrected chi connectivity index (χ4v) is 2.67. The molecule has 1 aromatic rings. The van der Waals surface area contributed by atoms with Crippen molar-refractivity contribution in [1.82, 2.24) is 15.3 Å². The van der Waals surface area contributed by atoms with Crippen LogP contribution in [0.1, 0.15) is 25.6 Å². The number of nitrogens with one attached hydrogen (secondary N) is 1. The van der Waals surface area contributed by atoms with E-state index in [1.54, 1.807) is 13.1 Å². The van der Waals surface area contributed by atoms with Gasteiger partial charge in [-0.2, -0.15) is 0 Å². The predicted molar refractivity (Wildman–Crippen MR) is 81.4 cm³/mol. The van der Waals surface area contributed by atoms with Crippen molar-refractivity contribution in [2.75, 3.05) is 31.6 Å². The van der Waals surface area contributed by atoms with E-state index in [2.05, 4.69) is 20.2 Å². The zero-order chi connectivity index (χ0) is 15.2. The number of ether oxygens (including phenoxy) is 1. The van der Waals surface area contributed by atoms with Gasteiger partial charge in [-0.05, 0) is 19.8 Å². The molecule has 0 radical (unpaired) electrons. The van der Waals surface area contributed by atoms with Gasteiger partial charge in [-0.1, -0.05) is 11.6 Å². The van der Waals surface area contributed by atoms with Crippen LogP contribution in [0.15, 0.2) is 6.07 Å². The Morgan fingerprint density at radius 2 is 2.38 bits per heavy atom. The Labute approximate surface area is 129 Å². The van der Waals surface area contributed by atoms with Gasteiger partial charge in [-0.15, -0.1) is 0 Å². The topological polar surface area (TPSA) is 67.3 Å². The van der Waals surface area contributed by atoms with Crippen molar-refractivity contribution in [2.45, 2.75) is 26.4 Å². The summed E-state index contributed by atoms with van der Waals surface area (Å²) in [6.07, 6.45) is 1.86. The standard InChI is InChI=1S/C14H21ClN4O2/c1-3-21-9-12-17-11(15)7-13(18-12)19-6-4-5-10(8-19)14(20)16-2/h7,10H,3-6,8-9H2,1-2H3,(H,16,20). The summed E-state index contributed by atoms with van der Waals surface area (Å²) in [7, 11) is 1.67. The number of aromatic nitrogens is 2. The van der Waals surface area contributed by atoms with Crippen LogP contribution in [0.2, 0.25) is 5.15 Å². The van der Waals surface area contributed by atoms with Crippen LogP contribution in [0.4, 0.5) is 5.82 Å². The minimum atomic E-state index is -0.00664. The zero-order valence-corrected chi connectivity index (χ0v) is 13.2. The van der Waals surface area contributed by atoms with Gasteiger partial charge >= 0.3 is 0 Å². The zero-order valence-electron chi connectivity index (χ0n) is 12.4. The molecule has 1 saturated heterocycles. The van der Waals surface area contributed by atoms with Crippen LogP contribution in [0, 0.1) is 5.92 Å². The number of piperidine rings is 1. The molecule has 6 nitrogen and oxygen atoms in total. The average Bonchev–Trinajstić information content (AvgIpc) is 2.51. The summed E-state index contributed by atoms with van der Waals surface area (Å²) < 4.78 is 5.33. The van der Waals surface area contributed by atoms with Crippen LogP contribution in [0.25, 0.3) is 0 Å². The molecule has 1 N–H and O–H groups in total. The van der Waals surface area contributed by atoms with Crippen molar-refractivity contribution < 1.29 is 9.53 Å². The summed E-state index contributed by atoms with van der Waals surface area (Å²) in [6, 6.07) is 1.74. The maximum atomic E-state index is 11.8. The minimum Gasteiger partial charge on any atom is -0.374 e. The Bertz CT molecular complexity index is 498. The molecule has 116 valence electrons. The molecular formula is C14H21ClN4O2. The molecule has 1 unspecified atom stereocenters. The fourth-order valence-electron chi connectivity index (χ4n) is 2.47. The van der Waals surface area contributed by atoms with Crippen LogP contribution < -0.4 is 10.2 Å². The highest BCUT2D eigenvalue weighted by Crippen LogP contribution is 2.23. The van der Waals surface area contributed by atoms with Crippen molar-refractivity contribution in [1.29, 1.82) is 0 Å². The number of rotatable bonds is 5. The van der Waals surface area contributed by atoms with E-state index in [4.69, 9.17) is 16.3 Å². The molecule has 21 heavy (non-hydrogen) atoms. The highest BCUT2D eigenvalue weighted by atomic mass is 35.5. The van der Waals surface area contributed by atoms with Crippen LogP contribution in [0.3, 0.4) is 0 Å². The predicted octanol–water partition coefficient (Wildman–Crippen LogP) is 1.63. The Morgan fingerprint density at radius 1 is 1.57 bits per heavy atom. The molecule has 0 aromatic carbocycles. The normalized spacial score (nSPS) is 18.6. The number of anilines is 1. The first-order valence-corrected chi connectivity index (χ1v) is 7.59. The van der Waals surface area contributed by atoms with Crippen LogP contribution in [-0.4, -0.2) is 42.6 Å². The molecule has 1 amide bonds. The first-order valence-electron chi connectivity index (χ1n) is 7.21. The van der Waals surface area contributed by atoms with Crippen molar-refractivity contribution in [2.24, 2.45) is 5.92 Å². The van der Waals surface area contributed by atoms with Crippen LogP contribution >= 0.6 is 11.6 Å². The Hall–Kier alpha value is -1.40. The summed E-state index contributed by atoms with van der Waals surface area (Å²) in [5.74, 6) is 1.40. The Balaban J connectivity index is 2.12. The fraction of sp³-hybridized carbons (Fsp3) is 0.643. The highest BCUT2D eigenvalue weighted by Gasteiger charge is 2.26. The van der Waals surface area contributed by atoms with E-state index < -0.39 is 0 Å². The minimum absolute atomic E-state index is 0.00664. The van der Waals surface area contributed by atoms with Crippen molar-refractivity contribution in [3.8, 4) is 0 Å². The molecule has 0 bridgehead atoms. The third kappa shape index (κ3) is 4.28. The molecule has 0 aliphatic carbocycles. The molecule has 1 aliphatic heterocycles. The number of hydrogen-bond acceptors (Lipinski definition) is 5. The van der Waals surface area contributed by atoms with E-state index >= 15 is 0 Å². The molecule has 2 rings (SSSR count). The lowest BCUT2D eigenvalue weighted by atomic mass is 9.97. The van der Waals surface area contributed by atoms with Crippen molar-refractivity contribution >= 4 is 23.3 Å². The number of nitrogens with zero attached hydrogens (tertiary/aromatic N) is 3. The Kier molecular flexibility index (Phi) is 5.76. The first kappa shape index (κ1) is 16.0. The Morgan fingerprint density at radius 3 is 3.10 bits per heavy atom. The molecule has 0 spiro atoms. The van der Waals surface area contributed by atoms with E-state index in [9.17, 15) is 4.79 Å². The van der Waals surface area contributed by atoms with E-state index in [0.717, 1.165) is 25.2 Å². The van der Waals surface area contributed by atoms with Gasteiger partial charge in [0.25, 0.3) is 0 Å². The number of amides is 1. The van der Waals surface area contributed by atoms with Crippen LogP contribution in [-0.2, 0) is 16.1 Å². The largest absolute Gasteiger partial charge is 0.374 e. The molecule has 1 atom stereocenters. The van der Waals surface area contributed by atoms with E-state index in [-0.39, 0.29) is 11.8 Å². The summed E-state index contributed by atoms with van der Waals surface area (Å²) in [5, 5.41) is 3.11. The van der Waals surface area contributed by atoms with Gasteiger partial charge < -0.3 is 15.0 Å². The van der Waals surface area contributed by atoms with Crippen LogP contribution in [0.5, 0.6) is 0 Å². The summed E-state index contributed by atoms with van der Waals surface area (Å²) in [6.45, 7) is 4.39. The molecule has 1 fully saturated rings. The number of hydrogen-bond donors (Lipinski definition) is 1. The smallest absolute Gasteiger partial charge is 0.224 e. The third-order valence-electron chi connectivity index (χ3n) is 3.53. The molecule has 1 aromatic heterocycles. The maximum Gasteiger partial charge on any atom is 0.224 e. The van der Waals surface area contributed by atoms with E-state index in [0.29, 0.717) is 30.7 Å². The molecule has 7 heteroatoms. The SMILES string of the molecule is CCOCc1nc(Cl)cc(N2CCCC(C(=O)NC)C2)n1. The molecular weight excluding hydrogens is 292 g/mol. The summed E-state index contributed by atoms with van der Waals surface area (Å²) in [5.41, 5.74) is 0. The summed E-state index contributed by atoms with van der Waals surface area (Å²) >= 11 is 6.06. The van der Waals surface area contributed by atoms with Gasteiger partial charge in [-0.25, -0.2) is 9.97 Å². The lowest BCUT2D eigenvalue weighted by Gasteiger charge is -2.32. The molecule has 2 heterocycles. The van der Waals surface area contributed by atoms with Crippen molar-refractivity contribution in [3.63, 3.8) is 0 Å². The summed E-state index contributed by atoms with van der Waals surface area (Å²) in [4.78, 5) is 22.5. The lowest BCUT2D eigenvalue weighted by Crippen LogP contribution is -2.42. The number of carbonyl (C=O) groups excluding carboxylic acids is 1. The van der Waals surface area contributed by atoms with Gasteiger partial charge in [0, 0.05) is 32.8 Å². The third-order valence-corrected chi connectivity index (χ3v) is 3.72. The molecule has 1 aliphatic rings. The monoisotopic (exact) mass is 312 g/mol. The maximum absolute atomic E-state index is 11.8. The molecule has 0 saturated carbocycles. The number of carbonyl (C=O) groups is 1. The lowest BCUT2D eigenvalue weighted by molar-refractivity contribution is -0.124. The van der Waals surface area contributed by atoms with Gasteiger partial charge in [0.2, 0.25) is 5.91 Å². The van der Waals surface area contributed by atoms with Gasteiger partial charge in [-0.3, -0.25) is 4.79 Å². The quantitative estimate of drug-likeness (QED) is 0.837. The van der Waals surface area contributed by atoms with Gasteiger partial charge in [0.05, 0.1) is 5.92 Å². The van der Waals surface area contributed by atoms with E-state index in [1.807, 2.05) is 6.92 Å². The second-order valence-corrected chi connectivity index (χ2v) is 5.39. The van der Waals surface area contributed by atoms with E-state index in [1.165, 1.54) is 0 Å². The second kappa shape index (κ2) is 7.56. The van der Waals surface area contributed by atoms with Gasteiger partial charge in [0.1, 0.15) is 17.6 Å². The highest BCUT2D eigenvalue weighted by molar-refractivity contribution is 6.29. The number of halogens is 1. The van der Waals surface area contributed by atoms with Gasteiger partial charge in [0.15, 0.2) is 5.82 Å². The second-order valence-electron chi connectivity index (χ2n) is 5.00. The average molecular weight is 313 g/mol. The van der Waals surface area contributed by atoms with Crippen molar-refractivity contribution in [3.05, 3.63) is 17.0 Å². The first-order chi connectivity index (χ1) is 10.1.